The number of aromatic nitrogens is 2. The van der Waals surface area contributed by atoms with Gasteiger partial charge in [0, 0.05) is 19.3 Å². The van der Waals surface area contributed by atoms with Crippen LogP contribution in [0.2, 0.25) is 0 Å². The molecule has 1 rings (SSSR count). The first-order valence-corrected chi connectivity index (χ1v) is 6.80. The van der Waals surface area contributed by atoms with Crippen LogP contribution in [0.25, 0.3) is 0 Å². The van der Waals surface area contributed by atoms with Crippen molar-refractivity contribution < 1.29 is 13.2 Å². The molecule has 1 amide bonds. The number of nitrogens with one attached hydrogen (secondary N) is 1. The third-order valence-corrected chi connectivity index (χ3v) is 3.23. The fraction of sp³-hybridized carbons (Fsp3) is 0.556. The Morgan fingerprint density at radius 2 is 2.24 bits per heavy atom. The number of aryl methyl sites for hydroxylation is 1. The lowest BCUT2D eigenvalue weighted by Crippen LogP contribution is -2.27. The SMILES string of the molecule is Cc1c(C(=O)NCCCS(N)(=O)=O)cnn1C. The van der Waals surface area contributed by atoms with Crippen molar-refractivity contribution in [2.45, 2.75) is 13.3 Å². The number of primary sulfonamides is 1. The van der Waals surface area contributed by atoms with Gasteiger partial charge in [0.15, 0.2) is 0 Å². The molecule has 8 heteroatoms. The van der Waals surface area contributed by atoms with Crippen molar-refractivity contribution in [3.8, 4) is 0 Å². The zero-order chi connectivity index (χ0) is 13.1. The van der Waals surface area contributed by atoms with Gasteiger partial charge in [0.1, 0.15) is 0 Å². The summed E-state index contributed by atoms with van der Waals surface area (Å²) in [6.07, 6.45) is 1.77. The van der Waals surface area contributed by atoms with Crippen molar-refractivity contribution in [2.24, 2.45) is 12.2 Å². The van der Waals surface area contributed by atoms with E-state index in [1.54, 1.807) is 18.7 Å². The van der Waals surface area contributed by atoms with Gasteiger partial charge in [-0.25, -0.2) is 13.6 Å². The molecule has 0 radical (unpaired) electrons. The van der Waals surface area contributed by atoms with Gasteiger partial charge in [0.2, 0.25) is 10.0 Å². The number of nitrogens with zero attached hydrogens (tertiary/aromatic N) is 2. The van der Waals surface area contributed by atoms with E-state index in [0.717, 1.165) is 5.69 Å². The molecule has 1 aromatic heterocycles. The summed E-state index contributed by atoms with van der Waals surface area (Å²) in [4.78, 5) is 11.7. The molecule has 3 N–H and O–H groups in total. The number of hydrogen-bond acceptors (Lipinski definition) is 4. The van der Waals surface area contributed by atoms with Crippen LogP contribution >= 0.6 is 0 Å². The minimum absolute atomic E-state index is 0.140. The maximum atomic E-state index is 11.7. The molecule has 7 nitrogen and oxygen atoms in total. The Morgan fingerprint density at radius 3 is 2.71 bits per heavy atom. The summed E-state index contributed by atoms with van der Waals surface area (Å²) in [5.74, 6) is -0.399. The normalized spacial score (nSPS) is 11.5. The van der Waals surface area contributed by atoms with Gasteiger partial charge in [-0.05, 0) is 13.3 Å². The lowest BCUT2D eigenvalue weighted by Gasteiger charge is -2.04. The van der Waals surface area contributed by atoms with Gasteiger partial charge < -0.3 is 5.32 Å². The topological polar surface area (TPSA) is 107 Å². The van der Waals surface area contributed by atoms with Crippen LogP contribution in [0, 0.1) is 6.92 Å². The van der Waals surface area contributed by atoms with Crippen LogP contribution in [0.5, 0.6) is 0 Å². The summed E-state index contributed by atoms with van der Waals surface area (Å²) in [6, 6.07) is 0. The molecular weight excluding hydrogens is 244 g/mol. The molecule has 0 fully saturated rings. The van der Waals surface area contributed by atoms with E-state index in [-0.39, 0.29) is 18.2 Å². The molecule has 0 aliphatic carbocycles. The van der Waals surface area contributed by atoms with Gasteiger partial charge in [-0.1, -0.05) is 0 Å². The van der Waals surface area contributed by atoms with Gasteiger partial charge in [-0.3, -0.25) is 9.48 Å². The minimum atomic E-state index is -3.46. The molecule has 0 saturated heterocycles. The second kappa shape index (κ2) is 5.28. The molecule has 0 unspecified atom stereocenters. The van der Waals surface area contributed by atoms with E-state index in [1.807, 2.05) is 0 Å². The van der Waals surface area contributed by atoms with Crippen LogP contribution in [-0.2, 0) is 17.1 Å². The predicted molar refractivity (Wildman–Crippen MR) is 62.9 cm³/mol. The number of carbonyl (C=O) groups is 1. The van der Waals surface area contributed by atoms with Crippen LogP contribution in [-0.4, -0.2) is 36.4 Å². The summed E-state index contributed by atoms with van der Waals surface area (Å²) < 4.78 is 22.9. The van der Waals surface area contributed by atoms with Gasteiger partial charge in [0.25, 0.3) is 5.91 Å². The molecule has 17 heavy (non-hydrogen) atoms. The highest BCUT2D eigenvalue weighted by atomic mass is 32.2. The average molecular weight is 260 g/mol. The van der Waals surface area contributed by atoms with Crippen molar-refractivity contribution in [3.05, 3.63) is 17.5 Å². The van der Waals surface area contributed by atoms with Crippen molar-refractivity contribution in [1.82, 2.24) is 15.1 Å². The largest absolute Gasteiger partial charge is 0.352 e. The maximum absolute atomic E-state index is 11.7. The molecule has 0 aliphatic rings. The Morgan fingerprint density at radius 1 is 1.59 bits per heavy atom. The third kappa shape index (κ3) is 4.16. The molecule has 1 aromatic rings. The summed E-state index contributed by atoms with van der Waals surface area (Å²) in [6.45, 7) is 2.05. The number of amides is 1. The highest BCUT2D eigenvalue weighted by molar-refractivity contribution is 7.89. The summed E-state index contributed by atoms with van der Waals surface area (Å²) in [5, 5.41) is 11.4. The molecule has 0 atom stereocenters. The predicted octanol–water partition coefficient (Wildman–Crippen LogP) is -0.863. The zero-order valence-corrected chi connectivity index (χ0v) is 10.6. The summed E-state index contributed by atoms with van der Waals surface area (Å²) in [7, 11) is -1.72. The van der Waals surface area contributed by atoms with E-state index in [2.05, 4.69) is 10.4 Å². The van der Waals surface area contributed by atoms with E-state index in [0.29, 0.717) is 12.0 Å². The third-order valence-electron chi connectivity index (χ3n) is 2.37. The van der Waals surface area contributed by atoms with Crippen molar-refractivity contribution in [1.29, 1.82) is 0 Å². The Hall–Kier alpha value is -1.41. The maximum Gasteiger partial charge on any atom is 0.254 e. The fourth-order valence-electron chi connectivity index (χ4n) is 1.29. The van der Waals surface area contributed by atoms with Crippen LogP contribution < -0.4 is 10.5 Å². The molecule has 0 aliphatic heterocycles. The molecule has 0 spiro atoms. The molecule has 0 saturated carbocycles. The smallest absolute Gasteiger partial charge is 0.254 e. The fourth-order valence-corrected chi connectivity index (χ4v) is 1.84. The minimum Gasteiger partial charge on any atom is -0.352 e. The molecule has 0 bridgehead atoms. The first kappa shape index (κ1) is 13.7. The van der Waals surface area contributed by atoms with Crippen LogP contribution in [0.4, 0.5) is 0 Å². The van der Waals surface area contributed by atoms with Gasteiger partial charge in [0.05, 0.1) is 17.5 Å². The summed E-state index contributed by atoms with van der Waals surface area (Å²) >= 11 is 0. The van der Waals surface area contributed by atoms with Gasteiger partial charge in [-0.15, -0.1) is 0 Å². The Labute approximate surface area is 100 Å². The summed E-state index contributed by atoms with van der Waals surface area (Å²) in [5.41, 5.74) is 1.25. The second-order valence-corrected chi connectivity index (χ2v) is 5.48. The number of nitrogens with two attached hydrogens (primary N) is 1. The van der Waals surface area contributed by atoms with Gasteiger partial charge in [-0.2, -0.15) is 5.10 Å². The number of sulfonamides is 1. The standard InChI is InChI=1S/C9H16N4O3S/c1-7-8(6-12-13(7)2)9(14)11-4-3-5-17(10,15)16/h6H,3-5H2,1-2H3,(H,11,14)(H2,10,15,16). The Kier molecular flexibility index (Phi) is 4.24. The molecular formula is C9H16N4O3S. The van der Waals surface area contributed by atoms with Gasteiger partial charge >= 0.3 is 0 Å². The number of carbonyl (C=O) groups excluding carboxylic acids is 1. The van der Waals surface area contributed by atoms with Crippen molar-refractivity contribution >= 4 is 15.9 Å². The number of hydrogen-bond donors (Lipinski definition) is 2. The quantitative estimate of drug-likeness (QED) is 0.671. The van der Waals surface area contributed by atoms with Crippen LogP contribution in [0.15, 0.2) is 6.20 Å². The van der Waals surface area contributed by atoms with Crippen molar-refractivity contribution in [2.75, 3.05) is 12.3 Å². The lowest BCUT2D eigenvalue weighted by atomic mass is 10.2. The molecule has 1 heterocycles. The van der Waals surface area contributed by atoms with E-state index in [9.17, 15) is 13.2 Å². The second-order valence-electron chi connectivity index (χ2n) is 3.74. The van der Waals surface area contributed by atoms with Crippen LogP contribution in [0.3, 0.4) is 0 Å². The lowest BCUT2D eigenvalue weighted by molar-refractivity contribution is 0.0953. The average Bonchev–Trinajstić information content (AvgIpc) is 2.53. The highest BCUT2D eigenvalue weighted by Gasteiger charge is 2.12. The monoisotopic (exact) mass is 260 g/mol. The van der Waals surface area contributed by atoms with Crippen LogP contribution in [0.1, 0.15) is 22.5 Å². The van der Waals surface area contributed by atoms with E-state index in [4.69, 9.17) is 5.14 Å². The molecule has 96 valence electrons. The Balaban J connectivity index is 2.43. The van der Waals surface area contributed by atoms with E-state index < -0.39 is 10.0 Å². The zero-order valence-electron chi connectivity index (χ0n) is 9.80. The first-order chi connectivity index (χ1) is 7.81. The molecule has 0 aromatic carbocycles. The van der Waals surface area contributed by atoms with E-state index >= 15 is 0 Å². The number of rotatable bonds is 5. The van der Waals surface area contributed by atoms with Crippen molar-refractivity contribution in [3.63, 3.8) is 0 Å². The highest BCUT2D eigenvalue weighted by Crippen LogP contribution is 2.04. The first-order valence-electron chi connectivity index (χ1n) is 5.08. The van der Waals surface area contributed by atoms with E-state index in [1.165, 1.54) is 6.20 Å². The Bertz CT molecular complexity index is 506.